The van der Waals surface area contributed by atoms with Gasteiger partial charge in [0.2, 0.25) is 0 Å². The van der Waals surface area contributed by atoms with E-state index in [1.807, 2.05) is 30.7 Å². The minimum Gasteiger partial charge on any atom is -0.353 e. The molecule has 30 heavy (non-hydrogen) atoms. The fourth-order valence-electron chi connectivity index (χ4n) is 4.24. The van der Waals surface area contributed by atoms with Gasteiger partial charge in [0.05, 0.1) is 0 Å². The highest BCUT2D eigenvalue weighted by atomic mass is 35.5. The second kappa shape index (κ2) is 9.79. The Bertz CT molecular complexity index is 864. The van der Waals surface area contributed by atoms with E-state index in [2.05, 4.69) is 37.4 Å². The Morgan fingerprint density at radius 2 is 1.93 bits per heavy atom. The van der Waals surface area contributed by atoms with Crippen LogP contribution in [-0.2, 0) is 20.1 Å². The van der Waals surface area contributed by atoms with Crippen molar-refractivity contribution in [2.75, 3.05) is 26.2 Å². The SMILES string of the molecule is Cc1nnc(CN=C(NC2CCCC2)N2CCN(Cc3cccc(Cl)c3)CC2)n1C. The first-order valence-electron chi connectivity index (χ1n) is 11.0. The predicted octanol–water partition coefficient (Wildman–Crippen LogP) is 2.98. The van der Waals surface area contributed by atoms with Gasteiger partial charge in [0.15, 0.2) is 11.8 Å². The summed E-state index contributed by atoms with van der Waals surface area (Å²) < 4.78 is 2.01. The summed E-state index contributed by atoms with van der Waals surface area (Å²) in [5.41, 5.74) is 1.27. The normalized spacial score (nSPS) is 18.9. The van der Waals surface area contributed by atoms with Crippen molar-refractivity contribution in [3.8, 4) is 0 Å². The number of benzene rings is 1. The van der Waals surface area contributed by atoms with Gasteiger partial charge in [-0.1, -0.05) is 36.6 Å². The van der Waals surface area contributed by atoms with E-state index in [0.29, 0.717) is 12.6 Å². The number of piperazine rings is 1. The van der Waals surface area contributed by atoms with Gasteiger partial charge in [-0.05, 0) is 37.5 Å². The summed E-state index contributed by atoms with van der Waals surface area (Å²) in [7, 11) is 2.00. The molecule has 1 aromatic carbocycles. The molecule has 0 atom stereocenters. The van der Waals surface area contributed by atoms with Crippen LogP contribution in [0.3, 0.4) is 0 Å². The molecule has 4 rings (SSSR count). The van der Waals surface area contributed by atoms with Crippen molar-refractivity contribution < 1.29 is 0 Å². The van der Waals surface area contributed by atoms with E-state index in [1.54, 1.807) is 0 Å². The zero-order valence-corrected chi connectivity index (χ0v) is 18.8. The molecule has 0 bridgehead atoms. The van der Waals surface area contributed by atoms with Crippen LogP contribution in [0.1, 0.15) is 42.9 Å². The summed E-state index contributed by atoms with van der Waals surface area (Å²) in [5, 5.41) is 13.0. The molecular formula is C22H32ClN7. The number of aryl methyl sites for hydroxylation is 1. The maximum atomic E-state index is 6.14. The van der Waals surface area contributed by atoms with Crippen molar-refractivity contribution in [1.82, 2.24) is 29.9 Å². The van der Waals surface area contributed by atoms with Crippen LogP contribution in [-0.4, -0.2) is 62.7 Å². The Kier molecular flexibility index (Phi) is 6.89. The molecule has 0 radical (unpaired) electrons. The summed E-state index contributed by atoms with van der Waals surface area (Å²) in [6, 6.07) is 8.70. The Labute approximate surface area is 184 Å². The Balaban J connectivity index is 1.39. The topological polar surface area (TPSA) is 61.6 Å². The molecule has 7 nitrogen and oxygen atoms in total. The van der Waals surface area contributed by atoms with Crippen LogP contribution >= 0.6 is 11.6 Å². The highest BCUT2D eigenvalue weighted by molar-refractivity contribution is 6.30. The molecule has 2 aliphatic rings. The van der Waals surface area contributed by atoms with Gasteiger partial charge < -0.3 is 14.8 Å². The van der Waals surface area contributed by atoms with Crippen molar-refractivity contribution in [3.63, 3.8) is 0 Å². The van der Waals surface area contributed by atoms with E-state index >= 15 is 0 Å². The molecule has 1 aliphatic heterocycles. The highest BCUT2D eigenvalue weighted by Gasteiger charge is 2.23. The van der Waals surface area contributed by atoms with E-state index in [4.69, 9.17) is 16.6 Å². The molecule has 1 aromatic heterocycles. The van der Waals surface area contributed by atoms with Crippen LogP contribution in [0.4, 0.5) is 0 Å². The molecule has 0 unspecified atom stereocenters. The third-order valence-corrected chi connectivity index (χ3v) is 6.44. The second-order valence-electron chi connectivity index (χ2n) is 8.38. The number of hydrogen-bond donors (Lipinski definition) is 1. The van der Waals surface area contributed by atoms with Gasteiger partial charge in [0, 0.05) is 50.8 Å². The van der Waals surface area contributed by atoms with Crippen molar-refractivity contribution in [3.05, 3.63) is 46.5 Å². The smallest absolute Gasteiger partial charge is 0.194 e. The van der Waals surface area contributed by atoms with Crippen LogP contribution < -0.4 is 5.32 Å². The number of aliphatic imine (C=N–C) groups is 1. The van der Waals surface area contributed by atoms with Gasteiger partial charge in [-0.15, -0.1) is 10.2 Å². The lowest BCUT2D eigenvalue weighted by molar-refractivity contribution is 0.171. The molecule has 1 saturated heterocycles. The Morgan fingerprint density at radius 3 is 2.60 bits per heavy atom. The summed E-state index contributed by atoms with van der Waals surface area (Å²) in [6.07, 6.45) is 5.08. The number of nitrogens with zero attached hydrogens (tertiary/aromatic N) is 6. The molecule has 2 aromatic rings. The lowest BCUT2D eigenvalue weighted by Crippen LogP contribution is -2.53. The summed E-state index contributed by atoms with van der Waals surface area (Å²) >= 11 is 6.14. The fraction of sp³-hybridized carbons (Fsp3) is 0.591. The largest absolute Gasteiger partial charge is 0.353 e. The molecule has 1 saturated carbocycles. The molecule has 8 heteroatoms. The minimum absolute atomic E-state index is 0.537. The summed E-state index contributed by atoms with van der Waals surface area (Å²) in [4.78, 5) is 9.83. The van der Waals surface area contributed by atoms with Crippen LogP contribution in [0.25, 0.3) is 0 Å². The first-order valence-corrected chi connectivity index (χ1v) is 11.3. The molecule has 162 valence electrons. The lowest BCUT2D eigenvalue weighted by Gasteiger charge is -2.37. The van der Waals surface area contributed by atoms with Crippen LogP contribution in [0.5, 0.6) is 0 Å². The number of nitrogens with one attached hydrogen (secondary N) is 1. The summed E-state index contributed by atoms with van der Waals surface area (Å²) in [5.74, 6) is 2.84. The molecule has 1 aliphatic carbocycles. The zero-order valence-electron chi connectivity index (χ0n) is 18.0. The second-order valence-corrected chi connectivity index (χ2v) is 8.82. The first kappa shape index (κ1) is 21.1. The van der Waals surface area contributed by atoms with Gasteiger partial charge in [0.1, 0.15) is 12.4 Å². The quantitative estimate of drug-likeness (QED) is 0.584. The van der Waals surface area contributed by atoms with Crippen molar-refractivity contribution in [1.29, 1.82) is 0 Å². The van der Waals surface area contributed by atoms with Gasteiger partial charge in [-0.2, -0.15) is 0 Å². The van der Waals surface area contributed by atoms with Gasteiger partial charge in [-0.25, -0.2) is 4.99 Å². The molecule has 2 heterocycles. The van der Waals surface area contributed by atoms with E-state index in [1.165, 1.54) is 31.2 Å². The van der Waals surface area contributed by atoms with Gasteiger partial charge >= 0.3 is 0 Å². The van der Waals surface area contributed by atoms with Gasteiger partial charge in [0.25, 0.3) is 0 Å². The summed E-state index contributed by atoms with van der Waals surface area (Å²) in [6.45, 7) is 7.43. The minimum atomic E-state index is 0.537. The standard InChI is InChI=1S/C22H32ClN7/c1-17-26-27-21(28(17)2)15-24-22(25-20-8-3-4-9-20)30-12-10-29(11-13-30)16-18-6-5-7-19(23)14-18/h5-7,14,20H,3-4,8-13,15-16H2,1-2H3,(H,24,25). The van der Waals surface area contributed by atoms with Crippen LogP contribution in [0.15, 0.2) is 29.3 Å². The van der Waals surface area contributed by atoms with Crippen LogP contribution in [0.2, 0.25) is 5.02 Å². The third kappa shape index (κ3) is 5.32. The number of rotatable bonds is 5. The lowest BCUT2D eigenvalue weighted by atomic mass is 10.2. The van der Waals surface area contributed by atoms with Gasteiger partial charge in [-0.3, -0.25) is 4.90 Å². The monoisotopic (exact) mass is 429 g/mol. The molecule has 1 N–H and O–H groups in total. The number of halogens is 1. The van der Waals surface area contributed by atoms with Crippen molar-refractivity contribution in [2.24, 2.45) is 12.0 Å². The fourth-order valence-corrected chi connectivity index (χ4v) is 4.45. The number of guanidine groups is 1. The van der Waals surface area contributed by atoms with Crippen molar-refractivity contribution in [2.45, 2.75) is 51.7 Å². The molecule has 0 amide bonds. The van der Waals surface area contributed by atoms with E-state index in [9.17, 15) is 0 Å². The molecule has 2 fully saturated rings. The Hall–Kier alpha value is -2.12. The third-order valence-electron chi connectivity index (χ3n) is 6.21. The number of hydrogen-bond acceptors (Lipinski definition) is 4. The average molecular weight is 430 g/mol. The van der Waals surface area contributed by atoms with Crippen LogP contribution in [0, 0.1) is 6.92 Å². The number of aromatic nitrogens is 3. The Morgan fingerprint density at radius 1 is 1.17 bits per heavy atom. The highest BCUT2D eigenvalue weighted by Crippen LogP contribution is 2.19. The van der Waals surface area contributed by atoms with E-state index < -0.39 is 0 Å². The predicted molar refractivity (Wildman–Crippen MR) is 121 cm³/mol. The van der Waals surface area contributed by atoms with E-state index in [0.717, 1.165) is 55.4 Å². The molecule has 0 spiro atoms. The maximum absolute atomic E-state index is 6.14. The van der Waals surface area contributed by atoms with E-state index in [-0.39, 0.29) is 0 Å². The van der Waals surface area contributed by atoms with Crippen molar-refractivity contribution >= 4 is 17.6 Å². The zero-order chi connectivity index (χ0) is 20.9. The first-order chi connectivity index (χ1) is 14.6. The maximum Gasteiger partial charge on any atom is 0.194 e. The average Bonchev–Trinajstić information content (AvgIpc) is 3.37. The molecular weight excluding hydrogens is 398 g/mol.